The summed E-state index contributed by atoms with van der Waals surface area (Å²) in [6.45, 7) is 10.3. The van der Waals surface area contributed by atoms with Crippen LogP contribution in [0.2, 0.25) is 12.1 Å². The lowest BCUT2D eigenvalue weighted by molar-refractivity contribution is 0.0685. The van der Waals surface area contributed by atoms with Crippen LogP contribution in [0.4, 0.5) is 0 Å². The molecule has 8 nitrogen and oxygen atoms in total. The zero-order valence-electron chi connectivity index (χ0n) is 29.3. The molecule has 0 aromatic carbocycles. The first kappa shape index (κ1) is 45.5. The van der Waals surface area contributed by atoms with E-state index in [1.165, 1.54) is 83.5 Å². The van der Waals surface area contributed by atoms with Gasteiger partial charge < -0.3 is 36.0 Å². The van der Waals surface area contributed by atoms with Crippen molar-refractivity contribution in [3.63, 3.8) is 0 Å². The normalized spacial score (nSPS) is 12.0. The molecule has 0 spiro atoms. The van der Waals surface area contributed by atoms with E-state index in [1.54, 1.807) is 28.4 Å². The zero-order chi connectivity index (χ0) is 32.3. The first-order valence-electron chi connectivity index (χ1n) is 17.2. The lowest BCUT2D eigenvalue weighted by Crippen LogP contribution is -2.45. The Morgan fingerprint density at radius 1 is 0.419 bits per heavy atom. The van der Waals surface area contributed by atoms with Crippen LogP contribution in [-0.2, 0) is 36.0 Å². The summed E-state index contributed by atoms with van der Waals surface area (Å²) in [5.74, 6) is 0.797. The maximum atomic E-state index is 5.85. The highest BCUT2D eigenvalue weighted by Crippen LogP contribution is 2.21. The lowest BCUT2D eigenvalue weighted by atomic mass is 10.1. The Labute approximate surface area is 274 Å². The van der Waals surface area contributed by atoms with E-state index in [0.717, 1.165) is 50.4 Å². The summed E-state index contributed by atoms with van der Waals surface area (Å²) in [6, 6.07) is 1.86. The predicted octanol–water partition coefficient (Wildman–Crippen LogP) is 9.04. The van der Waals surface area contributed by atoms with Crippen molar-refractivity contribution in [2.75, 3.05) is 74.0 Å². The molecule has 0 saturated carbocycles. The van der Waals surface area contributed by atoms with Crippen LogP contribution >= 0.6 is 11.6 Å². The SMILES string of the molecule is CCO[Si](CCCCCCCCCCl)(OCC)OCC.COCCOCCCCCCCCCCC[Si](OC)(OC)OC. The predicted molar refractivity (Wildman–Crippen MR) is 184 cm³/mol. The molecule has 0 unspecified atom stereocenters. The molecule has 0 aliphatic rings. The fourth-order valence-electron chi connectivity index (χ4n) is 4.90. The summed E-state index contributed by atoms with van der Waals surface area (Å²) >= 11 is 5.67. The number of rotatable bonds is 33. The average Bonchev–Trinajstić information content (AvgIpc) is 3.01. The molecule has 262 valence electrons. The number of unbranched alkanes of at least 4 members (excludes halogenated alkanes) is 14. The second-order valence-corrected chi connectivity index (χ2v) is 16.9. The van der Waals surface area contributed by atoms with E-state index in [2.05, 4.69) is 0 Å². The van der Waals surface area contributed by atoms with Gasteiger partial charge in [-0.3, -0.25) is 0 Å². The van der Waals surface area contributed by atoms with E-state index >= 15 is 0 Å². The molecule has 0 aromatic rings. The van der Waals surface area contributed by atoms with Crippen molar-refractivity contribution in [1.82, 2.24) is 0 Å². The summed E-state index contributed by atoms with van der Waals surface area (Å²) in [5.41, 5.74) is 0. The summed E-state index contributed by atoms with van der Waals surface area (Å²) in [5, 5.41) is 0. The van der Waals surface area contributed by atoms with Gasteiger partial charge in [-0.25, -0.2) is 0 Å². The topological polar surface area (TPSA) is 73.8 Å². The van der Waals surface area contributed by atoms with Gasteiger partial charge in [0, 0.05) is 72.8 Å². The molecule has 11 heteroatoms. The van der Waals surface area contributed by atoms with Crippen LogP contribution < -0.4 is 0 Å². The van der Waals surface area contributed by atoms with E-state index < -0.39 is 17.6 Å². The van der Waals surface area contributed by atoms with Crippen LogP contribution in [0, 0.1) is 0 Å². The number of hydrogen-bond acceptors (Lipinski definition) is 8. The van der Waals surface area contributed by atoms with Crippen LogP contribution in [0.15, 0.2) is 0 Å². The minimum Gasteiger partial charge on any atom is -0.382 e. The molecule has 0 N–H and O–H groups in total. The van der Waals surface area contributed by atoms with Gasteiger partial charge in [0.1, 0.15) is 0 Å². The molecule has 0 rings (SSSR count). The third-order valence-corrected chi connectivity index (χ3v) is 13.6. The largest absolute Gasteiger partial charge is 0.500 e. The summed E-state index contributed by atoms with van der Waals surface area (Å²) < 4.78 is 44.2. The highest BCUT2D eigenvalue weighted by molar-refractivity contribution is 6.61. The Bertz CT molecular complexity index is 508. The molecule has 43 heavy (non-hydrogen) atoms. The van der Waals surface area contributed by atoms with E-state index in [-0.39, 0.29) is 0 Å². The Balaban J connectivity index is 0. The van der Waals surface area contributed by atoms with Gasteiger partial charge in [-0.1, -0.05) is 77.0 Å². The van der Waals surface area contributed by atoms with Gasteiger partial charge in [0.15, 0.2) is 0 Å². The second kappa shape index (κ2) is 35.3. The number of alkyl halides is 1. The molecule has 0 aromatic heterocycles. The highest BCUT2D eigenvalue weighted by Gasteiger charge is 2.39. The lowest BCUT2D eigenvalue weighted by Gasteiger charge is -2.28. The average molecular weight is 676 g/mol. The molecule has 0 aliphatic carbocycles. The Morgan fingerprint density at radius 2 is 0.791 bits per heavy atom. The maximum absolute atomic E-state index is 5.85. The van der Waals surface area contributed by atoms with Crippen molar-refractivity contribution >= 4 is 29.2 Å². The molecule has 0 amide bonds. The van der Waals surface area contributed by atoms with E-state index in [1.807, 2.05) is 20.8 Å². The van der Waals surface area contributed by atoms with Gasteiger partial charge in [-0.05, 0) is 46.5 Å². The molecule has 0 radical (unpaired) electrons. The number of methoxy groups -OCH3 is 1. The number of ether oxygens (including phenoxy) is 2. The zero-order valence-corrected chi connectivity index (χ0v) is 32.1. The van der Waals surface area contributed by atoms with Gasteiger partial charge in [0.2, 0.25) is 0 Å². The van der Waals surface area contributed by atoms with Crippen molar-refractivity contribution in [2.24, 2.45) is 0 Å². The van der Waals surface area contributed by atoms with E-state index in [9.17, 15) is 0 Å². The molecule has 0 saturated heterocycles. The van der Waals surface area contributed by atoms with Crippen molar-refractivity contribution in [3.8, 4) is 0 Å². The minimum atomic E-state index is -2.39. The first-order valence-corrected chi connectivity index (χ1v) is 21.6. The van der Waals surface area contributed by atoms with Gasteiger partial charge in [-0.2, -0.15) is 0 Å². The molecule has 0 atom stereocenters. The number of hydrogen-bond donors (Lipinski definition) is 0. The van der Waals surface area contributed by atoms with Gasteiger partial charge in [-0.15, -0.1) is 11.6 Å². The van der Waals surface area contributed by atoms with Crippen LogP contribution in [0.25, 0.3) is 0 Å². The number of halogens is 1. The fraction of sp³-hybridized carbons (Fsp3) is 1.00. The maximum Gasteiger partial charge on any atom is 0.500 e. The smallest absolute Gasteiger partial charge is 0.382 e. The summed E-state index contributed by atoms with van der Waals surface area (Å²) in [4.78, 5) is 0. The van der Waals surface area contributed by atoms with Crippen LogP contribution in [-0.4, -0.2) is 91.6 Å². The Kier molecular flexibility index (Phi) is 37.3. The molecule has 0 fully saturated rings. The van der Waals surface area contributed by atoms with Crippen LogP contribution in [0.3, 0.4) is 0 Å². The third kappa shape index (κ3) is 28.4. The van der Waals surface area contributed by atoms with Crippen molar-refractivity contribution in [3.05, 3.63) is 0 Å². The van der Waals surface area contributed by atoms with E-state index in [4.69, 9.17) is 47.6 Å². The van der Waals surface area contributed by atoms with Crippen LogP contribution in [0.1, 0.15) is 124 Å². The van der Waals surface area contributed by atoms with Crippen LogP contribution in [0.5, 0.6) is 0 Å². The molecule has 0 bridgehead atoms. The minimum absolute atomic E-state index is 0.671. The van der Waals surface area contributed by atoms with Gasteiger partial charge in [0.05, 0.1) is 13.2 Å². The monoisotopic (exact) mass is 674 g/mol. The molecule has 0 aliphatic heterocycles. The van der Waals surface area contributed by atoms with Gasteiger partial charge in [0.25, 0.3) is 0 Å². The van der Waals surface area contributed by atoms with Crippen molar-refractivity contribution in [1.29, 1.82) is 0 Å². The fourth-order valence-corrected chi connectivity index (χ4v) is 9.57. The molecular formula is C32H71ClO8Si2. The summed E-state index contributed by atoms with van der Waals surface area (Å²) in [7, 11) is 2.02. The van der Waals surface area contributed by atoms with E-state index in [0.29, 0.717) is 26.4 Å². The quantitative estimate of drug-likeness (QED) is 0.0388. The standard InChI is InChI=1S/C17H38O5Si.C15H33ClO3Si/c1-18-15-16-22-14-12-10-8-6-5-7-9-11-13-17-23(19-2,20-3)21-4;1-4-17-20(18-5-2,19-6-3)15-13-11-9-7-8-10-12-14-16/h5-17H2,1-4H3;4-15H2,1-3H3. The highest BCUT2D eigenvalue weighted by atomic mass is 35.5. The molecular weight excluding hydrogens is 604 g/mol. The summed E-state index contributed by atoms with van der Waals surface area (Å²) in [6.07, 6.45) is 20.1. The first-order chi connectivity index (χ1) is 21.0. The second-order valence-electron chi connectivity index (χ2n) is 10.7. The Hall–Kier alpha value is 0.404. The van der Waals surface area contributed by atoms with Crippen molar-refractivity contribution < 1.29 is 36.0 Å². The van der Waals surface area contributed by atoms with Gasteiger partial charge >= 0.3 is 17.6 Å². The van der Waals surface area contributed by atoms with Crippen molar-refractivity contribution in [2.45, 2.75) is 136 Å². The Morgan fingerprint density at radius 3 is 1.16 bits per heavy atom. The third-order valence-electron chi connectivity index (χ3n) is 7.35. The molecule has 0 heterocycles.